The van der Waals surface area contributed by atoms with Crippen molar-refractivity contribution in [2.75, 3.05) is 56.0 Å². The highest BCUT2D eigenvalue weighted by Gasteiger charge is 2.15. The Labute approximate surface area is 194 Å². The summed E-state index contributed by atoms with van der Waals surface area (Å²) in [6.45, 7) is 3.14. The Morgan fingerprint density at radius 3 is 2.61 bits per heavy atom. The molecular formula is C24H26BN5O3. The number of hydrogen-bond acceptors (Lipinski definition) is 7. The van der Waals surface area contributed by atoms with E-state index in [-0.39, 0.29) is 5.91 Å². The van der Waals surface area contributed by atoms with Gasteiger partial charge in [-0.05, 0) is 24.3 Å². The second-order valence-corrected chi connectivity index (χ2v) is 7.52. The summed E-state index contributed by atoms with van der Waals surface area (Å²) < 4.78 is 11.1. The topological polar surface area (TPSA) is 87.8 Å². The molecule has 8 nitrogen and oxygen atoms in total. The van der Waals surface area contributed by atoms with Gasteiger partial charge in [0.1, 0.15) is 19.4 Å². The fraction of sp³-hybridized carbons (Fsp3) is 0.250. The third-order valence-corrected chi connectivity index (χ3v) is 5.43. The van der Waals surface area contributed by atoms with Gasteiger partial charge in [0.25, 0.3) is 5.91 Å². The number of benzene rings is 2. The van der Waals surface area contributed by atoms with Crippen LogP contribution in [0.2, 0.25) is 0 Å². The largest absolute Gasteiger partial charge is 0.494 e. The number of hydrogen-bond donors (Lipinski definition) is 3. The maximum Gasteiger partial charge on any atom is 0.253 e. The van der Waals surface area contributed by atoms with E-state index in [1.807, 2.05) is 36.4 Å². The van der Waals surface area contributed by atoms with E-state index in [1.54, 1.807) is 32.5 Å². The molecule has 2 radical (unpaired) electrons. The van der Waals surface area contributed by atoms with Crippen LogP contribution in [0.15, 0.2) is 54.7 Å². The van der Waals surface area contributed by atoms with Crippen molar-refractivity contribution >= 4 is 47.8 Å². The van der Waals surface area contributed by atoms with Crippen LogP contribution in [0.1, 0.15) is 10.4 Å². The highest BCUT2D eigenvalue weighted by molar-refractivity contribution is 6.36. The van der Waals surface area contributed by atoms with Crippen LogP contribution in [-0.4, -0.2) is 59.2 Å². The summed E-state index contributed by atoms with van der Waals surface area (Å²) in [6.07, 6.45) is 1.57. The number of anilines is 5. The SMILES string of the molecule is [B]c1cnc(Nc2ccc(N3CCOCC3)cc2OC)cc1Nc1ccccc1C(=O)NC. The third-order valence-electron chi connectivity index (χ3n) is 5.43. The second kappa shape index (κ2) is 10.3. The van der Waals surface area contributed by atoms with Crippen LogP contribution >= 0.6 is 0 Å². The van der Waals surface area contributed by atoms with E-state index in [2.05, 4.69) is 25.8 Å². The summed E-state index contributed by atoms with van der Waals surface area (Å²) in [5.74, 6) is 1.10. The molecule has 1 aromatic heterocycles. The Balaban J connectivity index is 1.57. The molecule has 1 aliphatic heterocycles. The predicted octanol–water partition coefficient (Wildman–Crippen LogP) is 2.57. The molecule has 9 heteroatoms. The Hall–Kier alpha value is -3.72. The van der Waals surface area contributed by atoms with Gasteiger partial charge in [-0.3, -0.25) is 4.79 Å². The minimum absolute atomic E-state index is 0.186. The molecule has 0 bridgehead atoms. The highest BCUT2D eigenvalue weighted by atomic mass is 16.5. The van der Waals surface area contributed by atoms with Gasteiger partial charge < -0.3 is 30.3 Å². The fourth-order valence-corrected chi connectivity index (χ4v) is 3.65. The molecule has 1 amide bonds. The van der Waals surface area contributed by atoms with Crippen LogP contribution in [0.25, 0.3) is 0 Å². The lowest BCUT2D eigenvalue weighted by atomic mass is 9.96. The van der Waals surface area contributed by atoms with Gasteiger partial charge in [-0.25, -0.2) is 4.98 Å². The number of rotatable bonds is 7. The Kier molecular flexibility index (Phi) is 6.99. The number of ether oxygens (including phenoxy) is 2. The quantitative estimate of drug-likeness (QED) is 0.484. The molecule has 2 heterocycles. The molecule has 33 heavy (non-hydrogen) atoms. The number of amides is 1. The molecule has 1 fully saturated rings. The monoisotopic (exact) mass is 443 g/mol. The zero-order valence-corrected chi connectivity index (χ0v) is 18.7. The first-order valence-corrected chi connectivity index (χ1v) is 10.7. The van der Waals surface area contributed by atoms with Crippen LogP contribution in [-0.2, 0) is 4.74 Å². The van der Waals surface area contributed by atoms with E-state index in [0.717, 1.165) is 37.7 Å². The molecule has 168 valence electrons. The number of methoxy groups -OCH3 is 1. The lowest BCUT2D eigenvalue weighted by molar-refractivity contribution is 0.0964. The maximum absolute atomic E-state index is 12.2. The molecule has 4 rings (SSSR count). The molecule has 0 aliphatic carbocycles. The number of nitrogens with one attached hydrogen (secondary N) is 3. The van der Waals surface area contributed by atoms with E-state index in [0.29, 0.717) is 34.0 Å². The molecule has 2 aromatic carbocycles. The fourth-order valence-electron chi connectivity index (χ4n) is 3.65. The van der Waals surface area contributed by atoms with Crippen molar-refractivity contribution in [1.29, 1.82) is 0 Å². The van der Waals surface area contributed by atoms with E-state index in [9.17, 15) is 4.79 Å². The van der Waals surface area contributed by atoms with Crippen LogP contribution in [0.4, 0.5) is 28.6 Å². The van der Waals surface area contributed by atoms with Crippen LogP contribution in [0, 0.1) is 0 Å². The van der Waals surface area contributed by atoms with Crippen molar-refractivity contribution in [2.45, 2.75) is 0 Å². The molecule has 0 spiro atoms. The van der Waals surface area contributed by atoms with Crippen molar-refractivity contribution in [2.24, 2.45) is 0 Å². The Morgan fingerprint density at radius 1 is 1.06 bits per heavy atom. The second-order valence-electron chi connectivity index (χ2n) is 7.52. The number of nitrogens with zero attached hydrogens (tertiary/aromatic N) is 2. The molecule has 0 atom stereocenters. The average Bonchev–Trinajstić information content (AvgIpc) is 2.86. The minimum Gasteiger partial charge on any atom is -0.494 e. The summed E-state index contributed by atoms with van der Waals surface area (Å²) in [5.41, 5.74) is 4.12. The van der Waals surface area contributed by atoms with Gasteiger partial charge in [0.2, 0.25) is 0 Å². The zero-order chi connectivity index (χ0) is 23.2. The molecule has 3 N–H and O–H groups in total. The first-order valence-electron chi connectivity index (χ1n) is 10.7. The molecule has 0 saturated carbocycles. The van der Waals surface area contributed by atoms with Crippen molar-refractivity contribution in [1.82, 2.24) is 10.3 Å². The van der Waals surface area contributed by atoms with Crippen molar-refractivity contribution < 1.29 is 14.3 Å². The smallest absolute Gasteiger partial charge is 0.253 e. The van der Waals surface area contributed by atoms with Gasteiger partial charge in [-0.2, -0.15) is 0 Å². The number of morpholine rings is 1. The summed E-state index contributed by atoms with van der Waals surface area (Å²) >= 11 is 0. The number of carbonyl (C=O) groups excluding carboxylic acids is 1. The van der Waals surface area contributed by atoms with Crippen molar-refractivity contribution in [3.8, 4) is 5.75 Å². The number of para-hydroxylation sites is 1. The van der Waals surface area contributed by atoms with Gasteiger partial charge in [0.15, 0.2) is 0 Å². The predicted molar refractivity (Wildman–Crippen MR) is 132 cm³/mol. The van der Waals surface area contributed by atoms with E-state index >= 15 is 0 Å². The van der Waals surface area contributed by atoms with Crippen LogP contribution in [0.5, 0.6) is 5.75 Å². The van der Waals surface area contributed by atoms with Gasteiger partial charge in [-0.15, -0.1) is 0 Å². The van der Waals surface area contributed by atoms with Gasteiger partial charge in [0.05, 0.1) is 37.3 Å². The lowest BCUT2D eigenvalue weighted by Gasteiger charge is -2.29. The van der Waals surface area contributed by atoms with Gasteiger partial charge in [0, 0.05) is 49.8 Å². The average molecular weight is 443 g/mol. The number of aromatic nitrogens is 1. The summed E-state index contributed by atoms with van der Waals surface area (Å²) in [5, 5.41) is 9.20. The van der Waals surface area contributed by atoms with Crippen LogP contribution < -0.4 is 31.0 Å². The van der Waals surface area contributed by atoms with Crippen LogP contribution in [0.3, 0.4) is 0 Å². The first kappa shape index (κ1) is 22.5. The minimum atomic E-state index is -0.186. The Morgan fingerprint density at radius 2 is 1.85 bits per heavy atom. The van der Waals surface area contributed by atoms with E-state index in [4.69, 9.17) is 17.3 Å². The highest BCUT2D eigenvalue weighted by Crippen LogP contribution is 2.32. The van der Waals surface area contributed by atoms with Gasteiger partial charge >= 0.3 is 0 Å². The molecule has 0 unspecified atom stereocenters. The third kappa shape index (κ3) is 5.20. The maximum atomic E-state index is 12.2. The van der Waals surface area contributed by atoms with E-state index < -0.39 is 0 Å². The number of pyridine rings is 1. The van der Waals surface area contributed by atoms with Crippen molar-refractivity contribution in [3.05, 3.63) is 60.3 Å². The molecule has 1 aliphatic rings. The Bertz CT molecular complexity index is 1130. The lowest BCUT2D eigenvalue weighted by Crippen LogP contribution is -2.36. The summed E-state index contributed by atoms with van der Waals surface area (Å²) in [4.78, 5) is 18.9. The molecule has 1 saturated heterocycles. The number of carbonyl (C=O) groups is 1. The summed E-state index contributed by atoms with van der Waals surface area (Å²) in [7, 11) is 9.39. The normalized spacial score (nSPS) is 13.3. The van der Waals surface area contributed by atoms with Crippen molar-refractivity contribution in [3.63, 3.8) is 0 Å². The molecule has 3 aromatic rings. The molecular weight excluding hydrogens is 417 g/mol. The standard InChI is InChI=1S/C24H26BN5O3/c1-26-24(31)17-5-3-4-6-19(17)28-21-14-23(27-15-18(21)25)29-20-8-7-16(13-22(20)32-2)30-9-11-33-12-10-30/h3-8,13-15H,9-12H2,1-2H3,(H,26,31)(H2,27,28,29). The van der Waals surface area contributed by atoms with Gasteiger partial charge in [-0.1, -0.05) is 17.6 Å². The van der Waals surface area contributed by atoms with E-state index in [1.165, 1.54) is 0 Å². The summed E-state index contributed by atoms with van der Waals surface area (Å²) in [6, 6.07) is 15.1. The zero-order valence-electron chi connectivity index (χ0n) is 18.7. The first-order chi connectivity index (χ1) is 16.1.